The predicted molar refractivity (Wildman–Crippen MR) is 105 cm³/mol. The Balaban J connectivity index is 1.36. The zero-order valence-corrected chi connectivity index (χ0v) is 15.9. The molecule has 142 valence electrons. The van der Waals surface area contributed by atoms with Crippen LogP contribution in [0.4, 0.5) is 5.95 Å². The Morgan fingerprint density at radius 2 is 1.85 bits per heavy atom. The molecule has 1 amide bonds. The van der Waals surface area contributed by atoms with Gasteiger partial charge < -0.3 is 9.80 Å². The summed E-state index contributed by atoms with van der Waals surface area (Å²) >= 11 is 0. The molecule has 1 atom stereocenters. The minimum Gasteiger partial charge on any atom is -0.338 e. The quantitative estimate of drug-likeness (QED) is 0.831. The minimum atomic E-state index is 0.0186. The van der Waals surface area contributed by atoms with Crippen molar-refractivity contribution in [1.29, 1.82) is 0 Å². The number of hydrogen-bond donors (Lipinski definition) is 0. The first kappa shape index (κ1) is 17.9. The molecule has 0 radical (unpaired) electrons. The minimum absolute atomic E-state index is 0.0186. The third kappa shape index (κ3) is 4.11. The van der Waals surface area contributed by atoms with Gasteiger partial charge in [0, 0.05) is 45.1 Å². The molecule has 0 saturated carbocycles. The molecule has 4 rings (SSSR count). The molecule has 1 aromatic carbocycles. The van der Waals surface area contributed by atoms with E-state index in [0.29, 0.717) is 0 Å². The number of nitrogens with zero attached hydrogens (tertiary/aromatic N) is 5. The van der Waals surface area contributed by atoms with Crippen LogP contribution >= 0.6 is 0 Å². The number of amides is 1. The number of aryl methyl sites for hydroxylation is 1. The van der Waals surface area contributed by atoms with Crippen LogP contribution in [0.15, 0.2) is 42.7 Å². The highest BCUT2D eigenvalue weighted by atomic mass is 16.2. The second-order valence-corrected chi connectivity index (χ2v) is 7.48. The van der Waals surface area contributed by atoms with Gasteiger partial charge >= 0.3 is 0 Å². The number of aromatic nitrogens is 2. The Labute approximate surface area is 160 Å². The number of likely N-dealkylation sites (tertiary alicyclic amines) is 1. The van der Waals surface area contributed by atoms with Gasteiger partial charge in [-0.05, 0) is 37.9 Å². The largest absolute Gasteiger partial charge is 0.338 e. The van der Waals surface area contributed by atoms with Gasteiger partial charge in [-0.2, -0.15) is 0 Å². The summed E-state index contributed by atoms with van der Waals surface area (Å²) < 4.78 is 0. The molecule has 0 aliphatic carbocycles. The molecule has 2 aliphatic heterocycles. The number of carbonyl (C=O) groups excluding carboxylic acids is 1. The Kier molecular flexibility index (Phi) is 5.34. The average Bonchev–Trinajstić information content (AvgIpc) is 3.16. The lowest BCUT2D eigenvalue weighted by atomic mass is 10.1. The van der Waals surface area contributed by atoms with Gasteiger partial charge in [0.2, 0.25) is 11.9 Å². The summed E-state index contributed by atoms with van der Waals surface area (Å²) in [7, 11) is 0. The summed E-state index contributed by atoms with van der Waals surface area (Å²) in [4.78, 5) is 28.3. The van der Waals surface area contributed by atoms with E-state index in [0.717, 1.165) is 58.1 Å². The highest BCUT2D eigenvalue weighted by Crippen LogP contribution is 2.23. The van der Waals surface area contributed by atoms with Crippen molar-refractivity contribution in [3.05, 3.63) is 53.9 Å². The summed E-state index contributed by atoms with van der Waals surface area (Å²) in [5.41, 5.74) is 2.56. The van der Waals surface area contributed by atoms with Gasteiger partial charge in [-0.25, -0.2) is 9.97 Å². The summed E-state index contributed by atoms with van der Waals surface area (Å²) in [6.07, 6.45) is 5.59. The molecule has 0 N–H and O–H groups in total. The number of rotatable bonds is 4. The number of hydrogen-bond acceptors (Lipinski definition) is 5. The number of carbonyl (C=O) groups is 1. The number of benzene rings is 1. The maximum Gasteiger partial charge on any atom is 0.240 e. The lowest BCUT2D eigenvalue weighted by Crippen LogP contribution is -2.53. The molecule has 2 fully saturated rings. The molecule has 0 bridgehead atoms. The second-order valence-electron chi connectivity index (χ2n) is 7.48. The van der Waals surface area contributed by atoms with E-state index in [2.05, 4.69) is 51.0 Å². The van der Waals surface area contributed by atoms with E-state index in [4.69, 9.17) is 0 Å². The van der Waals surface area contributed by atoms with Gasteiger partial charge in [-0.15, -0.1) is 0 Å². The first-order chi connectivity index (χ1) is 13.2. The first-order valence-corrected chi connectivity index (χ1v) is 9.81. The molecule has 2 saturated heterocycles. The highest BCUT2D eigenvalue weighted by Gasteiger charge is 2.35. The van der Waals surface area contributed by atoms with Crippen LogP contribution < -0.4 is 4.90 Å². The zero-order valence-electron chi connectivity index (χ0n) is 15.9. The predicted octanol–water partition coefficient (Wildman–Crippen LogP) is 2.10. The normalized spacial score (nSPS) is 20.9. The van der Waals surface area contributed by atoms with Crippen LogP contribution in [-0.2, 0) is 11.3 Å². The first-order valence-electron chi connectivity index (χ1n) is 9.81. The Hall–Kier alpha value is -2.47. The van der Waals surface area contributed by atoms with Crippen LogP contribution in [0.3, 0.4) is 0 Å². The molecule has 0 spiro atoms. The fraction of sp³-hybridized carbons (Fsp3) is 0.476. The van der Waals surface area contributed by atoms with Crippen LogP contribution in [0.25, 0.3) is 0 Å². The average molecular weight is 365 g/mol. The van der Waals surface area contributed by atoms with Gasteiger partial charge in [-0.3, -0.25) is 9.69 Å². The molecule has 2 aromatic rings. The highest BCUT2D eigenvalue weighted by molar-refractivity contribution is 5.82. The zero-order chi connectivity index (χ0) is 18.6. The van der Waals surface area contributed by atoms with Crippen LogP contribution in [0.1, 0.15) is 24.0 Å². The number of piperazine rings is 1. The van der Waals surface area contributed by atoms with Gasteiger partial charge in [0.15, 0.2) is 0 Å². The van der Waals surface area contributed by atoms with E-state index in [9.17, 15) is 4.79 Å². The summed E-state index contributed by atoms with van der Waals surface area (Å²) in [6, 6.07) is 10.4. The molecule has 6 nitrogen and oxygen atoms in total. The standard InChI is InChI=1S/C21H27N5O/c1-17-5-2-6-18(15-17)16-26-10-3-7-19(26)20(27)24-11-13-25(14-12-24)21-22-8-4-9-23-21/h2,4-6,8-9,15,19H,3,7,10-14,16H2,1H3. The van der Waals surface area contributed by atoms with Crippen molar-refractivity contribution in [2.45, 2.75) is 32.4 Å². The third-order valence-electron chi connectivity index (χ3n) is 5.54. The molecule has 2 aliphatic rings. The molecular formula is C21H27N5O. The molecule has 1 aromatic heterocycles. The lowest BCUT2D eigenvalue weighted by molar-refractivity contribution is -0.136. The van der Waals surface area contributed by atoms with Crippen molar-refractivity contribution >= 4 is 11.9 Å². The van der Waals surface area contributed by atoms with E-state index in [1.54, 1.807) is 12.4 Å². The van der Waals surface area contributed by atoms with Crippen molar-refractivity contribution < 1.29 is 4.79 Å². The summed E-state index contributed by atoms with van der Waals surface area (Å²) in [6.45, 7) is 7.04. The van der Waals surface area contributed by atoms with Gasteiger partial charge in [0.25, 0.3) is 0 Å². The second kappa shape index (κ2) is 8.05. The van der Waals surface area contributed by atoms with Gasteiger partial charge in [0.1, 0.15) is 0 Å². The smallest absolute Gasteiger partial charge is 0.240 e. The van der Waals surface area contributed by atoms with E-state index in [-0.39, 0.29) is 11.9 Å². The van der Waals surface area contributed by atoms with Crippen molar-refractivity contribution in [1.82, 2.24) is 19.8 Å². The molecule has 27 heavy (non-hydrogen) atoms. The monoisotopic (exact) mass is 365 g/mol. The topological polar surface area (TPSA) is 52.6 Å². The molecule has 6 heteroatoms. The fourth-order valence-electron chi connectivity index (χ4n) is 4.13. The van der Waals surface area contributed by atoms with Crippen molar-refractivity contribution in [2.24, 2.45) is 0 Å². The van der Waals surface area contributed by atoms with E-state index >= 15 is 0 Å². The van der Waals surface area contributed by atoms with Gasteiger partial charge in [-0.1, -0.05) is 29.8 Å². The van der Waals surface area contributed by atoms with E-state index in [1.807, 2.05) is 11.0 Å². The number of anilines is 1. The Morgan fingerprint density at radius 1 is 1.07 bits per heavy atom. The maximum atomic E-state index is 13.1. The summed E-state index contributed by atoms with van der Waals surface area (Å²) in [5.74, 6) is 1.04. The Morgan fingerprint density at radius 3 is 2.59 bits per heavy atom. The van der Waals surface area contributed by atoms with Crippen LogP contribution in [-0.4, -0.2) is 64.4 Å². The van der Waals surface area contributed by atoms with Gasteiger partial charge in [0.05, 0.1) is 6.04 Å². The third-order valence-corrected chi connectivity index (χ3v) is 5.54. The van der Waals surface area contributed by atoms with Crippen LogP contribution in [0.5, 0.6) is 0 Å². The maximum absolute atomic E-state index is 13.1. The Bertz CT molecular complexity index is 773. The van der Waals surface area contributed by atoms with E-state index < -0.39 is 0 Å². The molecular weight excluding hydrogens is 338 g/mol. The van der Waals surface area contributed by atoms with Crippen molar-refractivity contribution in [2.75, 3.05) is 37.6 Å². The molecule has 1 unspecified atom stereocenters. The summed E-state index contributed by atoms with van der Waals surface area (Å²) in [5, 5.41) is 0. The fourth-order valence-corrected chi connectivity index (χ4v) is 4.13. The van der Waals surface area contributed by atoms with Crippen molar-refractivity contribution in [3.8, 4) is 0 Å². The van der Waals surface area contributed by atoms with E-state index in [1.165, 1.54) is 11.1 Å². The van der Waals surface area contributed by atoms with Crippen LogP contribution in [0, 0.1) is 6.92 Å². The SMILES string of the molecule is Cc1cccc(CN2CCCC2C(=O)N2CCN(c3ncccn3)CC2)c1. The van der Waals surface area contributed by atoms with Crippen LogP contribution in [0.2, 0.25) is 0 Å². The lowest BCUT2D eigenvalue weighted by Gasteiger charge is -2.37. The van der Waals surface area contributed by atoms with Crippen molar-refractivity contribution in [3.63, 3.8) is 0 Å². The molecule has 3 heterocycles.